The number of nitro benzene ring substituents is 1. The molecule has 0 aromatic heterocycles. The summed E-state index contributed by atoms with van der Waals surface area (Å²) in [5, 5.41) is 14.2. The van der Waals surface area contributed by atoms with Gasteiger partial charge < -0.3 is 38.5 Å². The predicted molar refractivity (Wildman–Crippen MR) is 170 cm³/mol. The van der Waals surface area contributed by atoms with Gasteiger partial charge in [-0.25, -0.2) is 0 Å². The quantitative estimate of drug-likeness (QED) is 0.0616. The van der Waals surface area contributed by atoms with Crippen LogP contribution < -0.4 is 14.8 Å². The number of nitro groups is 1. The molecule has 1 saturated heterocycles. The Balaban J connectivity index is 1.97. The minimum Gasteiger partial charge on any atom is -0.489 e. The minimum atomic E-state index is -3.60. The molecule has 1 fully saturated rings. The maximum absolute atomic E-state index is 12.2. The van der Waals surface area contributed by atoms with Gasteiger partial charge >= 0.3 is 23.9 Å². The molecule has 50 heavy (non-hydrogen) atoms. The highest BCUT2D eigenvalue weighted by Gasteiger charge is 2.53. The van der Waals surface area contributed by atoms with Crippen molar-refractivity contribution in [1.82, 2.24) is 0 Å². The van der Waals surface area contributed by atoms with Gasteiger partial charge in [0.05, 0.1) is 17.8 Å². The maximum Gasteiger partial charge on any atom is 0.303 e. The zero-order valence-electron chi connectivity index (χ0n) is 27.9. The molecule has 5 atom stereocenters. The molecule has 2 aromatic carbocycles. The molecular formula is C31H38N2O16S. The number of ether oxygens (including phenoxy) is 7. The van der Waals surface area contributed by atoms with E-state index in [1.807, 2.05) is 0 Å². The van der Waals surface area contributed by atoms with Crippen LogP contribution in [0.2, 0.25) is 0 Å². The zero-order valence-corrected chi connectivity index (χ0v) is 28.7. The Morgan fingerprint density at radius 3 is 2.08 bits per heavy atom. The van der Waals surface area contributed by atoms with Crippen molar-refractivity contribution in [2.24, 2.45) is 0 Å². The summed E-state index contributed by atoms with van der Waals surface area (Å²) < 4.78 is 66.9. The van der Waals surface area contributed by atoms with Gasteiger partial charge in [0.25, 0.3) is 15.8 Å². The maximum atomic E-state index is 12.2. The first-order valence-corrected chi connectivity index (χ1v) is 16.9. The normalized spacial score (nSPS) is 20.1. The topological polar surface area (TPSA) is 231 Å². The van der Waals surface area contributed by atoms with Crippen molar-refractivity contribution >= 4 is 45.4 Å². The molecule has 19 heteroatoms. The van der Waals surface area contributed by atoms with Gasteiger partial charge in [-0.05, 0) is 36.8 Å². The summed E-state index contributed by atoms with van der Waals surface area (Å²) in [5.74, 6) is -2.70. The Bertz CT molecular complexity index is 1630. The lowest BCUT2D eigenvalue weighted by molar-refractivity contribution is -0.384. The second-order valence-corrected chi connectivity index (χ2v) is 12.5. The third kappa shape index (κ3) is 12.8. The Morgan fingerprint density at radius 1 is 0.880 bits per heavy atom. The van der Waals surface area contributed by atoms with Crippen LogP contribution >= 0.6 is 0 Å². The molecule has 1 heterocycles. The lowest BCUT2D eigenvalue weighted by atomic mass is 9.98. The molecule has 1 aliphatic heterocycles. The number of anilines is 1. The molecule has 1 N–H and O–H groups in total. The number of non-ortho nitro benzene ring substituents is 1. The van der Waals surface area contributed by atoms with E-state index in [0.29, 0.717) is 24.2 Å². The van der Waals surface area contributed by atoms with E-state index in [1.54, 1.807) is 12.1 Å². The van der Waals surface area contributed by atoms with E-state index < -0.39 is 76.2 Å². The lowest BCUT2D eigenvalue weighted by Crippen LogP contribution is -2.63. The summed E-state index contributed by atoms with van der Waals surface area (Å²) in [6.45, 7) is 4.08. The van der Waals surface area contributed by atoms with E-state index in [4.69, 9.17) is 37.3 Å². The number of rotatable bonds is 17. The number of nitrogens with zero attached hydrogens (tertiary/aromatic N) is 1. The summed E-state index contributed by atoms with van der Waals surface area (Å²) in [6.07, 6.45) is -5.84. The first kappa shape index (κ1) is 39.4. The molecule has 274 valence electrons. The highest BCUT2D eigenvalue weighted by atomic mass is 32.2. The van der Waals surface area contributed by atoms with Crippen LogP contribution in [0.1, 0.15) is 39.7 Å². The Morgan fingerprint density at radius 2 is 1.50 bits per heavy atom. The van der Waals surface area contributed by atoms with Crippen LogP contribution in [0.25, 0.3) is 0 Å². The van der Waals surface area contributed by atoms with Gasteiger partial charge in [0.2, 0.25) is 12.4 Å². The molecule has 0 spiro atoms. The monoisotopic (exact) mass is 726 g/mol. The molecule has 2 aromatic rings. The van der Waals surface area contributed by atoms with Gasteiger partial charge in [-0.2, -0.15) is 8.42 Å². The van der Waals surface area contributed by atoms with Crippen LogP contribution in [0, 0.1) is 10.1 Å². The second kappa shape index (κ2) is 18.1. The number of hydrogen-bond donors (Lipinski definition) is 1. The molecule has 1 aliphatic rings. The molecule has 0 bridgehead atoms. The third-order valence-corrected chi connectivity index (χ3v) is 7.24. The molecule has 0 saturated carbocycles. The SMILES string of the molecule is CC(=O)OC[C@H]1O[C@@H](Oc2ccc(NCCCOS(C)(=O)=O)cc2COc2ccc([N+](=O)[O-])cc2)[C@H](OC(C)=O)[C@@H](OC(C)=O)[C@H]1OC(C)=O. The van der Waals surface area contributed by atoms with Crippen molar-refractivity contribution in [2.75, 3.05) is 31.3 Å². The van der Waals surface area contributed by atoms with E-state index in [-0.39, 0.29) is 30.4 Å². The summed E-state index contributed by atoms with van der Waals surface area (Å²) in [7, 11) is -3.60. The standard InChI is InChI=1S/C31H38N2O16S/c1-18(34)42-17-27-28(45-19(2)35)29(46-20(3)36)30(47-21(4)37)31(49-27)48-26-12-7-23(32-13-6-14-44-50(5,40)41)15-22(26)16-43-25-10-8-24(9-11-25)33(38)39/h7-12,15,27-32H,6,13-14,16-17H2,1-5H3/t27-,28+,29+,30-,31-/m1/s1. The average Bonchev–Trinajstić information content (AvgIpc) is 3.01. The lowest BCUT2D eigenvalue weighted by Gasteiger charge is -2.44. The van der Waals surface area contributed by atoms with Gasteiger partial charge in [-0.15, -0.1) is 0 Å². The van der Waals surface area contributed by atoms with Gasteiger partial charge in [0.1, 0.15) is 30.8 Å². The van der Waals surface area contributed by atoms with Gasteiger partial charge in [0.15, 0.2) is 12.2 Å². The smallest absolute Gasteiger partial charge is 0.303 e. The van der Waals surface area contributed by atoms with E-state index in [9.17, 15) is 37.7 Å². The number of nitrogens with one attached hydrogen (secondary N) is 1. The van der Waals surface area contributed by atoms with Gasteiger partial charge in [-0.1, -0.05) is 0 Å². The van der Waals surface area contributed by atoms with Crippen LogP contribution in [0.15, 0.2) is 42.5 Å². The summed E-state index contributed by atoms with van der Waals surface area (Å²) in [6, 6.07) is 10.1. The number of benzene rings is 2. The van der Waals surface area contributed by atoms with E-state index in [1.165, 1.54) is 30.3 Å². The largest absolute Gasteiger partial charge is 0.489 e. The van der Waals surface area contributed by atoms with Crippen molar-refractivity contribution < 1.29 is 69.9 Å². The number of esters is 4. The minimum absolute atomic E-state index is 0.0496. The molecule has 0 aliphatic carbocycles. The Hall–Kier alpha value is -5.01. The second-order valence-electron chi connectivity index (χ2n) is 10.9. The predicted octanol–water partition coefficient (Wildman–Crippen LogP) is 2.41. The van der Waals surface area contributed by atoms with E-state index in [0.717, 1.165) is 34.0 Å². The molecule has 0 radical (unpaired) electrons. The zero-order chi connectivity index (χ0) is 37.0. The molecule has 18 nitrogen and oxygen atoms in total. The van der Waals surface area contributed by atoms with Crippen molar-refractivity contribution in [1.29, 1.82) is 0 Å². The number of carbonyl (C=O) groups excluding carboxylic acids is 4. The fourth-order valence-electron chi connectivity index (χ4n) is 4.67. The Kier molecular flexibility index (Phi) is 14.3. The van der Waals surface area contributed by atoms with Crippen LogP contribution in [-0.2, 0) is 63.8 Å². The summed E-state index contributed by atoms with van der Waals surface area (Å²) >= 11 is 0. The number of hydrogen-bond acceptors (Lipinski definition) is 17. The van der Waals surface area contributed by atoms with Gasteiger partial charge in [-0.3, -0.25) is 33.5 Å². The van der Waals surface area contributed by atoms with Crippen molar-refractivity contribution in [3.8, 4) is 11.5 Å². The Labute approximate surface area is 287 Å². The van der Waals surface area contributed by atoms with Crippen LogP contribution in [0.4, 0.5) is 11.4 Å². The fraction of sp³-hybridized carbons (Fsp3) is 0.484. The number of carbonyl (C=O) groups is 4. The average molecular weight is 727 g/mol. The van der Waals surface area contributed by atoms with Gasteiger partial charge in [0, 0.05) is 57.6 Å². The van der Waals surface area contributed by atoms with Crippen molar-refractivity contribution in [3.63, 3.8) is 0 Å². The highest BCUT2D eigenvalue weighted by Crippen LogP contribution is 2.33. The van der Waals surface area contributed by atoms with E-state index in [2.05, 4.69) is 5.32 Å². The van der Waals surface area contributed by atoms with Crippen LogP contribution in [0.3, 0.4) is 0 Å². The molecule has 3 rings (SSSR count). The van der Waals surface area contributed by atoms with Crippen molar-refractivity contribution in [2.45, 2.75) is 71.4 Å². The van der Waals surface area contributed by atoms with Crippen LogP contribution in [-0.4, -0.2) is 93.9 Å². The fourth-order valence-corrected chi connectivity index (χ4v) is 5.09. The third-order valence-electron chi connectivity index (χ3n) is 6.64. The molecule has 0 unspecified atom stereocenters. The summed E-state index contributed by atoms with van der Waals surface area (Å²) in [5.41, 5.74) is 0.797. The first-order valence-electron chi connectivity index (χ1n) is 15.1. The van der Waals surface area contributed by atoms with Crippen LogP contribution in [0.5, 0.6) is 11.5 Å². The first-order chi connectivity index (χ1) is 23.5. The summed E-state index contributed by atoms with van der Waals surface area (Å²) in [4.78, 5) is 58.7. The molecular weight excluding hydrogens is 688 g/mol. The van der Waals surface area contributed by atoms with Crippen molar-refractivity contribution in [3.05, 3.63) is 58.1 Å². The highest BCUT2D eigenvalue weighted by molar-refractivity contribution is 7.85. The molecule has 0 amide bonds. The van der Waals surface area contributed by atoms with E-state index >= 15 is 0 Å².